The number of unbranched alkanes of at least 4 members (excludes halogenated alkanes) is 2. The van der Waals surface area contributed by atoms with Crippen molar-refractivity contribution >= 4 is 11.9 Å². The molecule has 0 unspecified atom stereocenters. The molecule has 0 aromatic heterocycles. The summed E-state index contributed by atoms with van der Waals surface area (Å²) in [6, 6.07) is 0. The molecule has 0 aliphatic carbocycles. The summed E-state index contributed by atoms with van der Waals surface area (Å²) in [6.45, 7) is 1.93. The summed E-state index contributed by atoms with van der Waals surface area (Å²) in [6.07, 6.45) is 7.94. The molecule has 0 aromatic rings. The van der Waals surface area contributed by atoms with E-state index in [-0.39, 0.29) is 32.0 Å². The second-order valence-corrected chi connectivity index (χ2v) is 3.88. The maximum absolute atomic E-state index is 10.5. The van der Waals surface area contributed by atoms with Gasteiger partial charge in [-0.15, -0.1) is 0 Å². The number of rotatable bonds is 10. The summed E-state index contributed by atoms with van der Waals surface area (Å²) in [5.41, 5.74) is 0. The first-order valence-electron chi connectivity index (χ1n) is 5.85. The van der Waals surface area contributed by atoms with Crippen molar-refractivity contribution in [2.45, 2.75) is 32.6 Å². The standard InChI is InChI=1S/C12H21NO4.Li/c1-2-3-4-5-6-7-8-13(9-11(14)15)10-12(16)17;/h5-6H,2-4,7-10H2,1H3,(H,14,15)(H,16,17);/q;+1/p-1/b6-5+;. The fourth-order valence-corrected chi connectivity index (χ4v) is 1.40. The Morgan fingerprint density at radius 1 is 1.22 bits per heavy atom. The fraction of sp³-hybridized carbons (Fsp3) is 0.667. The van der Waals surface area contributed by atoms with E-state index in [2.05, 4.69) is 6.92 Å². The van der Waals surface area contributed by atoms with E-state index in [1.807, 2.05) is 12.2 Å². The predicted octanol–water partition coefficient (Wildman–Crippen LogP) is -2.74. The largest absolute Gasteiger partial charge is 1.00 e. The first kappa shape index (κ1) is 19.6. The molecule has 0 saturated heterocycles. The van der Waals surface area contributed by atoms with Crippen LogP contribution >= 0.6 is 0 Å². The third-order valence-electron chi connectivity index (χ3n) is 2.21. The van der Waals surface area contributed by atoms with Crippen molar-refractivity contribution in [2.24, 2.45) is 0 Å². The molecule has 0 bridgehead atoms. The second-order valence-electron chi connectivity index (χ2n) is 3.88. The van der Waals surface area contributed by atoms with Gasteiger partial charge in [0.15, 0.2) is 0 Å². The van der Waals surface area contributed by atoms with Crippen LogP contribution in [0.5, 0.6) is 0 Å². The van der Waals surface area contributed by atoms with Crippen LogP contribution in [-0.2, 0) is 9.59 Å². The summed E-state index contributed by atoms with van der Waals surface area (Å²) in [7, 11) is 0. The Labute approximate surface area is 120 Å². The van der Waals surface area contributed by atoms with Gasteiger partial charge in [-0.25, -0.2) is 0 Å². The third-order valence-corrected chi connectivity index (χ3v) is 2.21. The van der Waals surface area contributed by atoms with Crippen molar-refractivity contribution in [2.75, 3.05) is 19.6 Å². The number of hydrogen-bond donors (Lipinski definition) is 1. The molecule has 0 aliphatic rings. The van der Waals surface area contributed by atoms with Crippen molar-refractivity contribution < 1.29 is 38.7 Å². The monoisotopic (exact) mass is 249 g/mol. The molecule has 5 nitrogen and oxygen atoms in total. The summed E-state index contributed by atoms with van der Waals surface area (Å²) >= 11 is 0. The van der Waals surface area contributed by atoms with Gasteiger partial charge in [-0.05, 0) is 12.8 Å². The molecule has 1 N–H and O–H groups in total. The average Bonchev–Trinajstić information content (AvgIpc) is 2.21. The van der Waals surface area contributed by atoms with Crippen molar-refractivity contribution in [1.29, 1.82) is 0 Å². The number of allylic oxidation sites excluding steroid dienone is 1. The SMILES string of the molecule is CCCC/C=C/CCN(CC(=O)[O-])CC(=O)O.[Li+]. The molecule has 0 spiro atoms. The van der Waals surface area contributed by atoms with Gasteiger partial charge >= 0.3 is 24.8 Å². The van der Waals surface area contributed by atoms with Crippen LogP contribution in [0.3, 0.4) is 0 Å². The molecule has 18 heavy (non-hydrogen) atoms. The number of carbonyl (C=O) groups excluding carboxylic acids is 1. The minimum absolute atomic E-state index is 0. The quantitative estimate of drug-likeness (QED) is 0.258. The number of carbonyl (C=O) groups is 2. The van der Waals surface area contributed by atoms with Crippen LogP contribution in [0.15, 0.2) is 12.2 Å². The Kier molecular flexibility index (Phi) is 13.8. The normalized spacial score (nSPS) is 10.6. The number of nitrogens with zero attached hydrogens (tertiary/aromatic N) is 1. The van der Waals surface area contributed by atoms with E-state index < -0.39 is 11.9 Å². The van der Waals surface area contributed by atoms with E-state index in [9.17, 15) is 14.7 Å². The van der Waals surface area contributed by atoms with Gasteiger partial charge in [0, 0.05) is 13.1 Å². The smallest absolute Gasteiger partial charge is 0.549 e. The van der Waals surface area contributed by atoms with Gasteiger partial charge in [0.1, 0.15) is 0 Å². The third kappa shape index (κ3) is 13.3. The zero-order valence-corrected chi connectivity index (χ0v) is 11.2. The predicted molar refractivity (Wildman–Crippen MR) is 62.4 cm³/mol. The number of aliphatic carboxylic acids is 2. The Hall–Kier alpha value is -0.763. The first-order valence-corrected chi connectivity index (χ1v) is 5.85. The van der Waals surface area contributed by atoms with Crippen molar-refractivity contribution in [3.63, 3.8) is 0 Å². The minimum Gasteiger partial charge on any atom is -0.549 e. The molecule has 0 atom stereocenters. The summed E-state index contributed by atoms with van der Waals surface area (Å²) in [4.78, 5) is 22.2. The summed E-state index contributed by atoms with van der Waals surface area (Å²) in [5.74, 6) is -2.28. The topological polar surface area (TPSA) is 80.7 Å². The van der Waals surface area contributed by atoms with Gasteiger partial charge in [0.05, 0.1) is 12.5 Å². The summed E-state index contributed by atoms with van der Waals surface area (Å²) in [5, 5.41) is 19.0. The Bertz CT molecular complexity index is 253. The molecule has 0 aliphatic heterocycles. The zero-order chi connectivity index (χ0) is 13.1. The van der Waals surface area contributed by atoms with E-state index in [0.717, 1.165) is 19.3 Å². The van der Waals surface area contributed by atoms with Crippen LogP contribution in [0.4, 0.5) is 0 Å². The van der Waals surface area contributed by atoms with Gasteiger partial charge < -0.3 is 15.0 Å². The van der Waals surface area contributed by atoms with E-state index in [1.165, 1.54) is 4.90 Å². The van der Waals surface area contributed by atoms with Gasteiger partial charge in [-0.3, -0.25) is 9.69 Å². The van der Waals surface area contributed by atoms with Crippen molar-refractivity contribution in [1.82, 2.24) is 4.90 Å². The van der Waals surface area contributed by atoms with Crippen molar-refractivity contribution in [3.8, 4) is 0 Å². The van der Waals surface area contributed by atoms with E-state index in [1.54, 1.807) is 0 Å². The minimum atomic E-state index is -1.25. The maximum Gasteiger partial charge on any atom is 1.00 e. The Morgan fingerprint density at radius 3 is 2.33 bits per heavy atom. The molecule has 0 fully saturated rings. The van der Waals surface area contributed by atoms with Gasteiger partial charge in [-0.2, -0.15) is 0 Å². The van der Waals surface area contributed by atoms with E-state index >= 15 is 0 Å². The Morgan fingerprint density at radius 2 is 1.83 bits per heavy atom. The van der Waals surface area contributed by atoms with Gasteiger partial charge in [0.2, 0.25) is 0 Å². The first-order chi connectivity index (χ1) is 8.06. The molecular weight excluding hydrogens is 229 g/mol. The molecule has 0 aromatic carbocycles. The molecular formula is C12H20LiNO4. The zero-order valence-electron chi connectivity index (χ0n) is 11.2. The molecule has 0 amide bonds. The fourth-order valence-electron chi connectivity index (χ4n) is 1.40. The maximum atomic E-state index is 10.5. The number of carboxylic acid groups (broad SMARTS) is 2. The summed E-state index contributed by atoms with van der Waals surface area (Å²) < 4.78 is 0. The Balaban J connectivity index is 0. The van der Waals surface area contributed by atoms with Gasteiger partial charge in [0.25, 0.3) is 0 Å². The number of carboxylic acids is 2. The molecule has 6 heteroatoms. The second kappa shape index (κ2) is 12.7. The van der Waals surface area contributed by atoms with Crippen LogP contribution in [0.1, 0.15) is 32.6 Å². The molecule has 98 valence electrons. The van der Waals surface area contributed by atoms with Crippen LogP contribution < -0.4 is 24.0 Å². The molecule has 0 radical (unpaired) electrons. The van der Waals surface area contributed by atoms with E-state index in [4.69, 9.17) is 5.11 Å². The molecule has 0 saturated carbocycles. The van der Waals surface area contributed by atoms with Crippen LogP contribution in [0, 0.1) is 0 Å². The van der Waals surface area contributed by atoms with Crippen LogP contribution in [0.2, 0.25) is 0 Å². The van der Waals surface area contributed by atoms with E-state index in [0.29, 0.717) is 13.0 Å². The molecule has 0 rings (SSSR count). The number of hydrogen-bond acceptors (Lipinski definition) is 4. The molecule has 0 heterocycles. The van der Waals surface area contributed by atoms with Crippen molar-refractivity contribution in [3.05, 3.63) is 12.2 Å². The van der Waals surface area contributed by atoms with Gasteiger partial charge in [-0.1, -0.05) is 31.9 Å². The van der Waals surface area contributed by atoms with Crippen LogP contribution in [-0.4, -0.2) is 41.6 Å². The van der Waals surface area contributed by atoms with Crippen LogP contribution in [0.25, 0.3) is 0 Å². The average molecular weight is 249 g/mol.